The highest BCUT2D eigenvalue weighted by atomic mass is 16.5. The van der Waals surface area contributed by atoms with E-state index in [2.05, 4.69) is 5.32 Å². The van der Waals surface area contributed by atoms with Crippen LogP contribution in [0.15, 0.2) is 36.4 Å². The SMILES string of the molecule is COC(=O)C(CC(C)C)NC(=O)c1ccc(N)c2ccccc12. The number of esters is 1. The fourth-order valence-electron chi connectivity index (χ4n) is 2.58. The maximum absolute atomic E-state index is 12.6. The van der Waals surface area contributed by atoms with Gasteiger partial charge in [0.2, 0.25) is 0 Å². The van der Waals surface area contributed by atoms with Crippen LogP contribution in [0.1, 0.15) is 30.6 Å². The molecular weight excluding hydrogens is 292 g/mol. The van der Waals surface area contributed by atoms with E-state index in [9.17, 15) is 9.59 Å². The van der Waals surface area contributed by atoms with Gasteiger partial charge in [0.05, 0.1) is 7.11 Å². The Balaban J connectivity index is 2.33. The topological polar surface area (TPSA) is 81.4 Å². The van der Waals surface area contributed by atoms with Gasteiger partial charge in [-0.2, -0.15) is 0 Å². The number of nitrogen functional groups attached to an aromatic ring is 1. The number of fused-ring (bicyclic) bond motifs is 1. The van der Waals surface area contributed by atoms with Crippen molar-refractivity contribution in [3.63, 3.8) is 0 Å². The maximum atomic E-state index is 12.6. The number of anilines is 1. The fourth-order valence-corrected chi connectivity index (χ4v) is 2.58. The Kier molecular flexibility index (Phi) is 5.21. The molecule has 0 bridgehead atoms. The van der Waals surface area contributed by atoms with Gasteiger partial charge in [-0.25, -0.2) is 4.79 Å². The van der Waals surface area contributed by atoms with Gasteiger partial charge in [0, 0.05) is 16.6 Å². The number of carbonyl (C=O) groups excluding carboxylic acids is 2. The number of ether oxygens (including phenoxy) is 1. The summed E-state index contributed by atoms with van der Waals surface area (Å²) >= 11 is 0. The molecule has 2 aromatic carbocycles. The number of benzene rings is 2. The lowest BCUT2D eigenvalue weighted by Crippen LogP contribution is -2.42. The lowest BCUT2D eigenvalue weighted by atomic mass is 10.0. The Bertz CT molecular complexity index is 725. The first kappa shape index (κ1) is 16.8. The maximum Gasteiger partial charge on any atom is 0.328 e. The first-order valence-electron chi connectivity index (χ1n) is 7.60. The Morgan fingerprint density at radius 1 is 1.13 bits per heavy atom. The standard InChI is InChI=1S/C18H22N2O3/c1-11(2)10-16(18(22)23-3)20-17(21)14-8-9-15(19)13-7-5-4-6-12(13)14/h4-9,11,16H,10,19H2,1-3H3,(H,20,21). The third kappa shape index (κ3) is 3.80. The van der Waals surface area contributed by atoms with Crippen LogP contribution in [0.3, 0.4) is 0 Å². The summed E-state index contributed by atoms with van der Waals surface area (Å²) in [5.74, 6) is -0.494. The smallest absolute Gasteiger partial charge is 0.328 e. The quantitative estimate of drug-likeness (QED) is 0.657. The zero-order valence-corrected chi connectivity index (χ0v) is 13.6. The Labute approximate surface area is 135 Å². The number of nitrogens with one attached hydrogen (secondary N) is 1. The van der Waals surface area contributed by atoms with E-state index in [1.54, 1.807) is 12.1 Å². The number of methoxy groups -OCH3 is 1. The molecule has 0 spiro atoms. The summed E-state index contributed by atoms with van der Waals surface area (Å²) < 4.78 is 4.78. The van der Waals surface area contributed by atoms with Crippen molar-refractivity contribution in [3.05, 3.63) is 42.0 Å². The van der Waals surface area contributed by atoms with Gasteiger partial charge in [0.15, 0.2) is 0 Å². The zero-order valence-electron chi connectivity index (χ0n) is 13.6. The molecule has 0 saturated carbocycles. The summed E-state index contributed by atoms with van der Waals surface area (Å²) in [4.78, 5) is 24.5. The number of hydrogen-bond donors (Lipinski definition) is 2. The Hall–Kier alpha value is -2.56. The molecule has 2 aromatic rings. The average Bonchev–Trinajstić information content (AvgIpc) is 2.53. The largest absolute Gasteiger partial charge is 0.467 e. The van der Waals surface area contributed by atoms with Crippen LogP contribution in [0.25, 0.3) is 10.8 Å². The van der Waals surface area contributed by atoms with Gasteiger partial charge >= 0.3 is 5.97 Å². The summed E-state index contributed by atoms with van der Waals surface area (Å²) in [5, 5.41) is 4.35. The summed E-state index contributed by atoms with van der Waals surface area (Å²) in [6.07, 6.45) is 0.519. The number of nitrogens with two attached hydrogens (primary N) is 1. The Morgan fingerprint density at radius 3 is 2.39 bits per heavy atom. The molecule has 2 rings (SSSR count). The van der Waals surface area contributed by atoms with Crippen molar-refractivity contribution < 1.29 is 14.3 Å². The summed E-state index contributed by atoms with van der Waals surface area (Å²) in [6.45, 7) is 3.97. The highest BCUT2D eigenvalue weighted by molar-refractivity contribution is 6.10. The zero-order chi connectivity index (χ0) is 17.0. The normalized spacial score (nSPS) is 12.2. The molecule has 0 saturated heterocycles. The minimum atomic E-state index is -0.663. The molecule has 3 N–H and O–H groups in total. The first-order chi connectivity index (χ1) is 10.9. The monoisotopic (exact) mass is 314 g/mol. The minimum Gasteiger partial charge on any atom is -0.467 e. The summed E-state index contributed by atoms with van der Waals surface area (Å²) in [6, 6.07) is 10.2. The van der Waals surface area contributed by atoms with Crippen LogP contribution in [0.4, 0.5) is 5.69 Å². The molecule has 0 aliphatic rings. The second kappa shape index (κ2) is 7.13. The molecule has 1 atom stereocenters. The summed E-state index contributed by atoms with van der Waals surface area (Å²) in [5.41, 5.74) is 7.06. The van der Waals surface area contributed by atoms with E-state index in [4.69, 9.17) is 10.5 Å². The van der Waals surface area contributed by atoms with Crippen LogP contribution in [0, 0.1) is 5.92 Å². The molecule has 0 radical (unpaired) electrons. The number of amides is 1. The molecule has 0 aliphatic carbocycles. The van der Waals surface area contributed by atoms with Crippen molar-refractivity contribution in [2.75, 3.05) is 12.8 Å². The molecular formula is C18H22N2O3. The van der Waals surface area contributed by atoms with Gasteiger partial charge < -0.3 is 15.8 Å². The van der Waals surface area contributed by atoms with Crippen molar-refractivity contribution in [1.82, 2.24) is 5.32 Å². The lowest BCUT2D eigenvalue weighted by Gasteiger charge is -2.19. The second-order valence-electron chi connectivity index (χ2n) is 5.93. The van der Waals surface area contributed by atoms with E-state index < -0.39 is 12.0 Å². The van der Waals surface area contributed by atoms with Crippen molar-refractivity contribution in [2.24, 2.45) is 5.92 Å². The number of rotatable bonds is 5. The van der Waals surface area contributed by atoms with Crippen LogP contribution >= 0.6 is 0 Å². The van der Waals surface area contributed by atoms with Crippen LogP contribution in [-0.2, 0) is 9.53 Å². The molecule has 1 unspecified atom stereocenters. The predicted molar refractivity (Wildman–Crippen MR) is 91.1 cm³/mol. The fraction of sp³-hybridized carbons (Fsp3) is 0.333. The van der Waals surface area contributed by atoms with Crippen LogP contribution in [0.2, 0.25) is 0 Å². The van der Waals surface area contributed by atoms with Crippen LogP contribution < -0.4 is 11.1 Å². The molecule has 0 aromatic heterocycles. The average molecular weight is 314 g/mol. The highest BCUT2D eigenvalue weighted by Gasteiger charge is 2.24. The van der Waals surface area contributed by atoms with E-state index in [0.29, 0.717) is 17.7 Å². The molecule has 1 amide bonds. The molecule has 0 aliphatic heterocycles. The predicted octanol–water partition coefficient (Wildman–Crippen LogP) is 2.74. The highest BCUT2D eigenvalue weighted by Crippen LogP contribution is 2.24. The van der Waals surface area contributed by atoms with E-state index in [-0.39, 0.29) is 11.8 Å². The molecule has 5 heteroatoms. The van der Waals surface area contributed by atoms with E-state index >= 15 is 0 Å². The minimum absolute atomic E-state index is 0.252. The third-order valence-electron chi connectivity index (χ3n) is 3.70. The van der Waals surface area contributed by atoms with Crippen molar-refractivity contribution in [2.45, 2.75) is 26.3 Å². The molecule has 0 heterocycles. The molecule has 23 heavy (non-hydrogen) atoms. The van der Waals surface area contributed by atoms with Gasteiger partial charge in [0.1, 0.15) is 6.04 Å². The van der Waals surface area contributed by atoms with E-state index in [1.807, 2.05) is 38.1 Å². The number of carbonyl (C=O) groups is 2. The van der Waals surface area contributed by atoms with Gasteiger partial charge in [-0.3, -0.25) is 4.79 Å². The molecule has 122 valence electrons. The van der Waals surface area contributed by atoms with Crippen LogP contribution in [-0.4, -0.2) is 25.0 Å². The number of hydrogen-bond acceptors (Lipinski definition) is 4. The van der Waals surface area contributed by atoms with Gasteiger partial charge in [-0.05, 0) is 29.9 Å². The van der Waals surface area contributed by atoms with Gasteiger partial charge in [-0.1, -0.05) is 38.1 Å². The Morgan fingerprint density at radius 2 is 1.78 bits per heavy atom. The lowest BCUT2D eigenvalue weighted by molar-refractivity contribution is -0.143. The molecule has 0 fully saturated rings. The van der Waals surface area contributed by atoms with Crippen molar-refractivity contribution >= 4 is 28.3 Å². The van der Waals surface area contributed by atoms with Crippen LogP contribution in [0.5, 0.6) is 0 Å². The molecule has 5 nitrogen and oxygen atoms in total. The van der Waals surface area contributed by atoms with Gasteiger partial charge in [-0.15, -0.1) is 0 Å². The second-order valence-corrected chi connectivity index (χ2v) is 5.93. The first-order valence-corrected chi connectivity index (χ1v) is 7.60. The third-order valence-corrected chi connectivity index (χ3v) is 3.70. The van der Waals surface area contributed by atoms with Crippen molar-refractivity contribution in [1.29, 1.82) is 0 Å². The summed E-state index contributed by atoms with van der Waals surface area (Å²) in [7, 11) is 1.32. The van der Waals surface area contributed by atoms with E-state index in [1.165, 1.54) is 7.11 Å². The van der Waals surface area contributed by atoms with Crippen molar-refractivity contribution in [3.8, 4) is 0 Å². The van der Waals surface area contributed by atoms with E-state index in [0.717, 1.165) is 10.8 Å². The van der Waals surface area contributed by atoms with Gasteiger partial charge in [0.25, 0.3) is 5.91 Å².